The standard InChI is InChI=1S/C22H29N3O3S/c1-16-21(15-20(24(16)2)22(26)25-13-6-3-7-14-25)29(27,28)23-19-12-8-10-17-9-4-5-11-18(17)19/h4-5,9,11,15,19,23H,3,6-8,10,12-14H2,1-2H3/t19-/m0/s1. The Balaban J connectivity index is 1.62. The van der Waals surface area contributed by atoms with Crippen LogP contribution in [-0.4, -0.2) is 36.9 Å². The number of nitrogens with one attached hydrogen (secondary N) is 1. The van der Waals surface area contributed by atoms with E-state index in [0.29, 0.717) is 11.4 Å². The first-order chi connectivity index (χ1) is 13.9. The largest absolute Gasteiger partial charge is 0.343 e. The van der Waals surface area contributed by atoms with Crippen LogP contribution in [0.2, 0.25) is 0 Å². The first-order valence-corrected chi connectivity index (χ1v) is 11.9. The summed E-state index contributed by atoms with van der Waals surface area (Å²) in [5, 5.41) is 0. The van der Waals surface area contributed by atoms with Crippen LogP contribution in [0.3, 0.4) is 0 Å². The van der Waals surface area contributed by atoms with Gasteiger partial charge in [-0.25, -0.2) is 13.1 Å². The van der Waals surface area contributed by atoms with E-state index in [-0.39, 0.29) is 16.8 Å². The summed E-state index contributed by atoms with van der Waals surface area (Å²) >= 11 is 0. The molecule has 2 aliphatic rings. The maximum absolute atomic E-state index is 13.2. The lowest BCUT2D eigenvalue weighted by atomic mass is 9.88. The van der Waals surface area contributed by atoms with E-state index >= 15 is 0 Å². The maximum atomic E-state index is 13.2. The number of carbonyl (C=O) groups is 1. The van der Waals surface area contributed by atoms with Gasteiger partial charge in [0.15, 0.2) is 0 Å². The molecular formula is C22H29N3O3S. The number of likely N-dealkylation sites (tertiary alicyclic amines) is 1. The quantitative estimate of drug-likeness (QED) is 0.833. The van der Waals surface area contributed by atoms with Gasteiger partial charge in [-0.15, -0.1) is 0 Å². The normalized spacial score (nSPS) is 19.8. The lowest BCUT2D eigenvalue weighted by Crippen LogP contribution is -2.36. The fraction of sp³-hybridized carbons (Fsp3) is 0.500. The summed E-state index contributed by atoms with van der Waals surface area (Å²) in [5.41, 5.74) is 3.29. The van der Waals surface area contributed by atoms with E-state index in [9.17, 15) is 13.2 Å². The SMILES string of the molecule is Cc1c(S(=O)(=O)N[C@H]2CCCc3ccccc32)cc(C(=O)N2CCCCC2)n1C. The Bertz CT molecular complexity index is 1020. The van der Waals surface area contributed by atoms with E-state index < -0.39 is 10.0 Å². The van der Waals surface area contributed by atoms with E-state index in [1.165, 1.54) is 5.56 Å². The van der Waals surface area contributed by atoms with Crippen molar-refractivity contribution in [2.24, 2.45) is 7.05 Å². The molecule has 0 saturated carbocycles. The molecule has 2 aromatic rings. The van der Waals surface area contributed by atoms with Crippen molar-refractivity contribution in [1.82, 2.24) is 14.2 Å². The van der Waals surface area contributed by atoms with Gasteiger partial charge in [0.25, 0.3) is 5.91 Å². The summed E-state index contributed by atoms with van der Waals surface area (Å²) in [6.07, 6.45) is 5.86. The molecule has 0 bridgehead atoms. The number of rotatable bonds is 4. The van der Waals surface area contributed by atoms with Crippen molar-refractivity contribution < 1.29 is 13.2 Å². The molecule has 2 heterocycles. The molecule has 1 aromatic heterocycles. The summed E-state index contributed by atoms with van der Waals surface area (Å²) in [7, 11) is -1.98. The third kappa shape index (κ3) is 3.85. The number of hydrogen-bond donors (Lipinski definition) is 1. The Morgan fingerprint density at radius 3 is 2.59 bits per heavy atom. The zero-order chi connectivity index (χ0) is 20.6. The minimum Gasteiger partial charge on any atom is -0.343 e. The molecule has 29 heavy (non-hydrogen) atoms. The van der Waals surface area contributed by atoms with Crippen molar-refractivity contribution in [2.75, 3.05) is 13.1 Å². The second-order valence-corrected chi connectivity index (χ2v) is 9.84. The highest BCUT2D eigenvalue weighted by Crippen LogP contribution is 2.31. The van der Waals surface area contributed by atoms with Crippen LogP contribution in [0.5, 0.6) is 0 Å². The van der Waals surface area contributed by atoms with Crippen LogP contribution in [0.15, 0.2) is 35.2 Å². The van der Waals surface area contributed by atoms with Gasteiger partial charge in [-0.05, 0) is 62.6 Å². The maximum Gasteiger partial charge on any atom is 0.270 e. The Labute approximate surface area is 173 Å². The van der Waals surface area contributed by atoms with Crippen molar-refractivity contribution in [1.29, 1.82) is 0 Å². The predicted molar refractivity (Wildman–Crippen MR) is 112 cm³/mol. The van der Waals surface area contributed by atoms with E-state index in [1.54, 1.807) is 24.6 Å². The van der Waals surface area contributed by atoms with Gasteiger partial charge < -0.3 is 9.47 Å². The number of fused-ring (bicyclic) bond motifs is 1. The lowest BCUT2D eigenvalue weighted by molar-refractivity contribution is 0.0714. The average molecular weight is 416 g/mol. The number of amides is 1. The predicted octanol–water partition coefficient (Wildman–Crippen LogP) is 3.32. The Morgan fingerprint density at radius 2 is 1.83 bits per heavy atom. The van der Waals surface area contributed by atoms with Crippen LogP contribution >= 0.6 is 0 Å². The lowest BCUT2D eigenvalue weighted by Gasteiger charge is -2.26. The molecule has 1 aliphatic heterocycles. The fourth-order valence-electron chi connectivity index (χ4n) is 4.53. The molecule has 1 N–H and O–H groups in total. The third-order valence-electron chi connectivity index (χ3n) is 6.31. The summed E-state index contributed by atoms with van der Waals surface area (Å²) < 4.78 is 31.1. The van der Waals surface area contributed by atoms with E-state index in [4.69, 9.17) is 0 Å². The molecule has 1 amide bonds. The monoisotopic (exact) mass is 415 g/mol. The van der Waals surface area contributed by atoms with Gasteiger partial charge in [-0.2, -0.15) is 0 Å². The van der Waals surface area contributed by atoms with Crippen LogP contribution < -0.4 is 4.72 Å². The number of piperidine rings is 1. The summed E-state index contributed by atoms with van der Waals surface area (Å²) in [4.78, 5) is 15.0. The van der Waals surface area contributed by atoms with Crippen LogP contribution in [0.4, 0.5) is 0 Å². The molecule has 156 valence electrons. The highest BCUT2D eigenvalue weighted by atomic mass is 32.2. The van der Waals surface area contributed by atoms with Gasteiger partial charge in [-0.1, -0.05) is 24.3 Å². The first kappa shape index (κ1) is 20.2. The number of aromatic nitrogens is 1. The molecule has 1 aliphatic carbocycles. The van der Waals surface area contributed by atoms with Crippen molar-refractivity contribution >= 4 is 15.9 Å². The van der Waals surface area contributed by atoms with Crippen LogP contribution in [0.1, 0.15) is 65.5 Å². The van der Waals surface area contributed by atoms with Gasteiger partial charge in [0.2, 0.25) is 10.0 Å². The van der Waals surface area contributed by atoms with Gasteiger partial charge in [-0.3, -0.25) is 4.79 Å². The van der Waals surface area contributed by atoms with Crippen molar-refractivity contribution in [2.45, 2.75) is 56.4 Å². The highest BCUT2D eigenvalue weighted by Gasteiger charge is 2.30. The Hall–Kier alpha value is -2.12. The van der Waals surface area contributed by atoms with Crippen molar-refractivity contribution in [3.05, 3.63) is 52.8 Å². The molecule has 4 rings (SSSR count). The van der Waals surface area contributed by atoms with Crippen molar-refractivity contribution in [3.8, 4) is 0 Å². The highest BCUT2D eigenvalue weighted by molar-refractivity contribution is 7.89. The molecule has 1 atom stereocenters. The number of nitrogens with zero attached hydrogens (tertiary/aromatic N) is 2. The number of aryl methyl sites for hydroxylation is 1. The Kier molecular flexibility index (Phi) is 5.53. The van der Waals surface area contributed by atoms with Crippen molar-refractivity contribution in [3.63, 3.8) is 0 Å². The van der Waals surface area contributed by atoms with Gasteiger partial charge in [0.05, 0.1) is 0 Å². The van der Waals surface area contributed by atoms with Crippen LogP contribution in [0, 0.1) is 6.92 Å². The second-order valence-electron chi connectivity index (χ2n) is 8.16. The van der Waals surface area contributed by atoms with Crippen LogP contribution in [-0.2, 0) is 23.5 Å². The molecule has 6 nitrogen and oxygen atoms in total. The number of hydrogen-bond acceptors (Lipinski definition) is 3. The second kappa shape index (κ2) is 7.95. The molecular weight excluding hydrogens is 386 g/mol. The number of sulfonamides is 1. The zero-order valence-electron chi connectivity index (χ0n) is 17.1. The zero-order valence-corrected chi connectivity index (χ0v) is 18.0. The molecule has 7 heteroatoms. The topological polar surface area (TPSA) is 71.4 Å². The van der Waals surface area contributed by atoms with E-state index in [2.05, 4.69) is 10.8 Å². The molecule has 1 aromatic carbocycles. The van der Waals surface area contributed by atoms with E-state index in [0.717, 1.165) is 57.2 Å². The summed E-state index contributed by atoms with van der Waals surface area (Å²) in [6, 6.07) is 9.34. The third-order valence-corrected chi connectivity index (χ3v) is 7.89. The van der Waals surface area contributed by atoms with Gasteiger partial charge >= 0.3 is 0 Å². The minimum absolute atomic E-state index is 0.0836. The molecule has 0 spiro atoms. The smallest absolute Gasteiger partial charge is 0.270 e. The number of benzene rings is 1. The summed E-state index contributed by atoms with van der Waals surface area (Å²) in [5.74, 6) is -0.0836. The first-order valence-electron chi connectivity index (χ1n) is 10.4. The van der Waals surface area contributed by atoms with Gasteiger partial charge in [0.1, 0.15) is 10.6 Å². The minimum atomic E-state index is -3.74. The van der Waals surface area contributed by atoms with Gasteiger partial charge in [0, 0.05) is 31.9 Å². The average Bonchev–Trinajstić information content (AvgIpc) is 3.04. The summed E-state index contributed by atoms with van der Waals surface area (Å²) in [6.45, 7) is 3.24. The molecule has 1 fully saturated rings. The Morgan fingerprint density at radius 1 is 1.10 bits per heavy atom. The molecule has 0 radical (unpaired) electrons. The van der Waals surface area contributed by atoms with E-state index in [1.807, 2.05) is 23.1 Å². The number of carbonyl (C=O) groups excluding carboxylic acids is 1. The molecule has 0 unspecified atom stereocenters. The molecule has 1 saturated heterocycles. The van der Waals surface area contributed by atoms with Crippen LogP contribution in [0.25, 0.3) is 0 Å². The fourth-order valence-corrected chi connectivity index (χ4v) is 6.07.